The number of hydroxylamine groups is 1. The van der Waals surface area contributed by atoms with Gasteiger partial charge in [0.25, 0.3) is 0 Å². The number of rotatable bonds is 10. The minimum Gasteiger partial charge on any atom is -0.384 e. The number of carbonyl (C=O) groups excluding carboxylic acids is 1. The Kier molecular flexibility index (Phi) is 8.16. The number of nitrogens with one attached hydrogen (secondary N) is 1. The molecule has 7 heteroatoms. The second-order valence-electron chi connectivity index (χ2n) is 7.71. The van der Waals surface area contributed by atoms with E-state index in [4.69, 9.17) is 5.21 Å². The normalized spacial score (nSPS) is 13.3. The third-order valence-electron chi connectivity index (χ3n) is 5.43. The predicted molar refractivity (Wildman–Crippen MR) is 122 cm³/mol. The van der Waals surface area contributed by atoms with E-state index in [1.54, 1.807) is 29.7 Å². The largest absolute Gasteiger partial charge is 0.384 e. The van der Waals surface area contributed by atoms with Crippen molar-refractivity contribution >= 4 is 15.7 Å². The Balaban J connectivity index is 1.68. The average Bonchev–Trinajstić information content (AvgIpc) is 2.83. The minimum atomic E-state index is -3.77. The number of aryl methyl sites for hydroxylation is 1. The summed E-state index contributed by atoms with van der Waals surface area (Å²) in [5, 5.41) is 19.6. The first kappa shape index (κ1) is 23.7. The molecule has 0 aliphatic heterocycles. The number of sulfone groups is 1. The third-order valence-corrected chi connectivity index (χ3v) is 7.26. The van der Waals surface area contributed by atoms with Crippen LogP contribution in [0.15, 0.2) is 89.8 Å². The number of hydrogen-bond acceptors (Lipinski definition) is 5. The number of benzene rings is 3. The zero-order valence-corrected chi connectivity index (χ0v) is 18.4. The molecule has 3 aromatic rings. The van der Waals surface area contributed by atoms with Crippen molar-refractivity contribution in [1.82, 2.24) is 5.48 Å². The van der Waals surface area contributed by atoms with Crippen LogP contribution in [0.3, 0.4) is 0 Å². The van der Waals surface area contributed by atoms with Crippen molar-refractivity contribution < 1.29 is 23.5 Å². The summed E-state index contributed by atoms with van der Waals surface area (Å²) in [4.78, 5) is 12.2. The standard InChI is InChI=1S/C25H27NO5S/c27-24(20-11-5-2-6-12-20)21-14-16-23(17-15-21)32(30,31)18-22(25(28)26-29)13-7-10-19-8-3-1-4-9-19/h1-6,8-9,11-12,14-17,22,24,27,29H,7,10,13,18H2,(H,26,28). The molecule has 0 radical (unpaired) electrons. The number of aliphatic hydroxyl groups excluding tert-OH is 1. The fraction of sp³-hybridized carbons (Fsp3) is 0.240. The van der Waals surface area contributed by atoms with Crippen molar-refractivity contribution in [2.45, 2.75) is 30.3 Å². The highest BCUT2D eigenvalue weighted by molar-refractivity contribution is 7.91. The van der Waals surface area contributed by atoms with E-state index in [1.807, 2.05) is 48.5 Å². The van der Waals surface area contributed by atoms with Gasteiger partial charge in [-0.15, -0.1) is 0 Å². The first-order valence-electron chi connectivity index (χ1n) is 10.4. The van der Waals surface area contributed by atoms with Crippen molar-refractivity contribution in [3.05, 3.63) is 102 Å². The van der Waals surface area contributed by atoms with Gasteiger partial charge in [0.05, 0.1) is 16.6 Å². The van der Waals surface area contributed by atoms with Gasteiger partial charge in [0.15, 0.2) is 9.84 Å². The molecule has 0 aromatic heterocycles. The second-order valence-corrected chi connectivity index (χ2v) is 9.75. The average molecular weight is 454 g/mol. The second kappa shape index (κ2) is 11.0. The molecule has 0 fully saturated rings. The van der Waals surface area contributed by atoms with Gasteiger partial charge in [-0.3, -0.25) is 10.0 Å². The van der Waals surface area contributed by atoms with Gasteiger partial charge in [0.2, 0.25) is 5.91 Å². The molecular weight excluding hydrogens is 426 g/mol. The monoisotopic (exact) mass is 453 g/mol. The molecule has 3 N–H and O–H groups in total. The lowest BCUT2D eigenvalue weighted by atomic mass is 10.0. The molecule has 0 aliphatic rings. The molecular formula is C25H27NO5S. The Labute approximate surface area is 188 Å². The van der Waals surface area contributed by atoms with Gasteiger partial charge in [-0.1, -0.05) is 72.8 Å². The fourth-order valence-electron chi connectivity index (χ4n) is 3.62. The third kappa shape index (κ3) is 6.26. The van der Waals surface area contributed by atoms with Crippen molar-refractivity contribution in [2.75, 3.05) is 5.75 Å². The molecule has 3 aromatic carbocycles. The molecule has 0 bridgehead atoms. The topological polar surface area (TPSA) is 104 Å². The highest BCUT2D eigenvalue weighted by Gasteiger charge is 2.26. The summed E-state index contributed by atoms with van der Waals surface area (Å²) < 4.78 is 25.8. The zero-order valence-electron chi connectivity index (χ0n) is 17.6. The van der Waals surface area contributed by atoms with Crippen LogP contribution in [0, 0.1) is 5.92 Å². The van der Waals surface area contributed by atoms with Gasteiger partial charge in [-0.05, 0) is 48.1 Å². The molecule has 0 spiro atoms. The molecule has 2 atom stereocenters. The van der Waals surface area contributed by atoms with Crippen LogP contribution in [0.2, 0.25) is 0 Å². The van der Waals surface area contributed by atoms with Crippen molar-refractivity contribution in [2.24, 2.45) is 5.92 Å². The summed E-state index contributed by atoms with van der Waals surface area (Å²) in [5.41, 5.74) is 3.98. The molecule has 6 nitrogen and oxygen atoms in total. The van der Waals surface area contributed by atoms with Gasteiger partial charge in [0.1, 0.15) is 6.10 Å². The molecule has 3 rings (SSSR count). The minimum absolute atomic E-state index is 0.0697. The smallest absolute Gasteiger partial charge is 0.247 e. The van der Waals surface area contributed by atoms with Gasteiger partial charge in [-0.2, -0.15) is 0 Å². The summed E-state index contributed by atoms with van der Waals surface area (Å²) in [6, 6.07) is 24.8. The Bertz CT molecular complexity index is 1100. The highest BCUT2D eigenvalue weighted by atomic mass is 32.2. The summed E-state index contributed by atoms with van der Waals surface area (Å²) >= 11 is 0. The molecule has 0 aliphatic carbocycles. The first-order chi connectivity index (χ1) is 15.4. The number of amides is 1. The van der Waals surface area contributed by atoms with Gasteiger partial charge in [-0.25, -0.2) is 13.9 Å². The molecule has 2 unspecified atom stereocenters. The van der Waals surface area contributed by atoms with Crippen LogP contribution >= 0.6 is 0 Å². The van der Waals surface area contributed by atoms with Crippen molar-refractivity contribution in [3.8, 4) is 0 Å². The molecule has 0 saturated carbocycles. The van der Waals surface area contributed by atoms with E-state index < -0.39 is 33.5 Å². The number of carbonyl (C=O) groups is 1. The molecule has 1 amide bonds. The van der Waals surface area contributed by atoms with Crippen LogP contribution in [-0.4, -0.2) is 30.4 Å². The highest BCUT2D eigenvalue weighted by Crippen LogP contribution is 2.24. The fourth-order valence-corrected chi connectivity index (χ4v) is 5.22. The van der Waals surface area contributed by atoms with E-state index >= 15 is 0 Å². The summed E-state index contributed by atoms with van der Waals surface area (Å²) in [5.74, 6) is -1.99. The van der Waals surface area contributed by atoms with E-state index in [9.17, 15) is 18.3 Å². The molecule has 168 valence electrons. The zero-order chi connectivity index (χ0) is 23.0. The maximum atomic E-state index is 12.9. The Morgan fingerprint density at radius 2 is 1.41 bits per heavy atom. The van der Waals surface area contributed by atoms with Crippen molar-refractivity contribution in [3.63, 3.8) is 0 Å². The molecule has 32 heavy (non-hydrogen) atoms. The van der Waals surface area contributed by atoms with Crippen LogP contribution in [0.5, 0.6) is 0 Å². The SMILES string of the molecule is O=C(NO)C(CCCc1ccccc1)CS(=O)(=O)c1ccc(C(O)c2ccccc2)cc1. The Hall–Kier alpha value is -3.00. The predicted octanol–water partition coefficient (Wildman–Crippen LogP) is 3.69. The molecule has 0 saturated heterocycles. The quantitative estimate of drug-likeness (QED) is 0.321. The lowest BCUT2D eigenvalue weighted by Gasteiger charge is -2.16. The lowest BCUT2D eigenvalue weighted by molar-refractivity contribution is -0.132. The van der Waals surface area contributed by atoms with E-state index in [2.05, 4.69) is 0 Å². The summed E-state index contributed by atoms with van der Waals surface area (Å²) in [6.07, 6.45) is 0.784. The van der Waals surface area contributed by atoms with Crippen LogP contribution < -0.4 is 5.48 Å². The summed E-state index contributed by atoms with van der Waals surface area (Å²) in [7, 11) is -3.77. The number of aliphatic hydroxyl groups is 1. The van der Waals surface area contributed by atoms with E-state index in [0.717, 1.165) is 5.56 Å². The Morgan fingerprint density at radius 3 is 2.00 bits per heavy atom. The first-order valence-corrected chi connectivity index (χ1v) is 12.1. The van der Waals surface area contributed by atoms with Crippen LogP contribution in [0.25, 0.3) is 0 Å². The number of hydrogen-bond donors (Lipinski definition) is 3. The van der Waals surface area contributed by atoms with E-state index in [1.165, 1.54) is 12.1 Å². The van der Waals surface area contributed by atoms with Crippen LogP contribution in [0.1, 0.15) is 35.6 Å². The molecule has 0 heterocycles. The maximum absolute atomic E-state index is 12.9. The van der Waals surface area contributed by atoms with Gasteiger partial charge >= 0.3 is 0 Å². The van der Waals surface area contributed by atoms with E-state index in [0.29, 0.717) is 30.4 Å². The lowest BCUT2D eigenvalue weighted by Crippen LogP contribution is -2.33. The van der Waals surface area contributed by atoms with E-state index in [-0.39, 0.29) is 4.90 Å². The van der Waals surface area contributed by atoms with Crippen LogP contribution in [-0.2, 0) is 21.1 Å². The van der Waals surface area contributed by atoms with Gasteiger partial charge in [0, 0.05) is 0 Å². The van der Waals surface area contributed by atoms with Crippen LogP contribution in [0.4, 0.5) is 0 Å². The van der Waals surface area contributed by atoms with Gasteiger partial charge < -0.3 is 5.11 Å². The maximum Gasteiger partial charge on any atom is 0.247 e. The Morgan fingerprint density at radius 1 is 0.844 bits per heavy atom. The van der Waals surface area contributed by atoms with Crippen molar-refractivity contribution in [1.29, 1.82) is 0 Å². The summed E-state index contributed by atoms with van der Waals surface area (Å²) in [6.45, 7) is 0.